The standard InChI is InChI=1S/C21H31F3N4O/c1-3-25-20(26-13-16-6-5-9-27(2)14-16)28-10-11-29-19(15-28)17-7-4-8-18(12-17)21(22,23)24/h4,7-8,12,16,19H,3,5-6,9-11,13-15H2,1-2H3,(H,25,26). The van der Waals surface area contributed by atoms with Gasteiger partial charge >= 0.3 is 6.18 Å². The number of benzene rings is 1. The maximum absolute atomic E-state index is 13.1. The van der Waals surface area contributed by atoms with Gasteiger partial charge in [0.25, 0.3) is 0 Å². The number of likely N-dealkylation sites (tertiary alicyclic amines) is 1. The zero-order chi connectivity index (χ0) is 20.9. The lowest BCUT2D eigenvalue weighted by molar-refractivity contribution is -0.137. The summed E-state index contributed by atoms with van der Waals surface area (Å²) < 4.78 is 45.0. The van der Waals surface area contributed by atoms with Crippen LogP contribution in [0.2, 0.25) is 0 Å². The molecule has 2 atom stereocenters. The summed E-state index contributed by atoms with van der Waals surface area (Å²) >= 11 is 0. The molecule has 0 spiro atoms. The van der Waals surface area contributed by atoms with Gasteiger partial charge in [-0.3, -0.25) is 4.99 Å². The van der Waals surface area contributed by atoms with E-state index in [4.69, 9.17) is 9.73 Å². The van der Waals surface area contributed by atoms with Crippen LogP contribution in [0.3, 0.4) is 0 Å². The van der Waals surface area contributed by atoms with Gasteiger partial charge in [0, 0.05) is 26.2 Å². The Hall–Kier alpha value is -1.80. The summed E-state index contributed by atoms with van der Waals surface area (Å²) in [6.07, 6.45) is -2.38. The molecule has 1 N–H and O–H groups in total. The summed E-state index contributed by atoms with van der Waals surface area (Å²) in [6.45, 7) is 7.34. The fourth-order valence-corrected chi connectivity index (χ4v) is 4.02. The number of ether oxygens (including phenoxy) is 1. The number of nitrogens with one attached hydrogen (secondary N) is 1. The predicted octanol–water partition coefficient (Wildman–Crippen LogP) is 3.39. The molecule has 1 aromatic rings. The lowest BCUT2D eigenvalue weighted by Gasteiger charge is -2.36. The Morgan fingerprint density at radius 2 is 2.10 bits per heavy atom. The van der Waals surface area contributed by atoms with E-state index in [-0.39, 0.29) is 0 Å². The molecule has 2 aliphatic rings. The maximum Gasteiger partial charge on any atom is 0.416 e. The molecule has 0 saturated carbocycles. The molecule has 0 aromatic heterocycles. The number of alkyl halides is 3. The maximum atomic E-state index is 13.1. The molecule has 5 nitrogen and oxygen atoms in total. The number of nitrogens with zero attached hydrogens (tertiary/aromatic N) is 3. The topological polar surface area (TPSA) is 40.1 Å². The highest BCUT2D eigenvalue weighted by Crippen LogP contribution is 2.32. The number of guanidine groups is 1. The normalized spacial score (nSPS) is 24.6. The van der Waals surface area contributed by atoms with Crippen LogP contribution in [-0.4, -0.2) is 68.7 Å². The van der Waals surface area contributed by atoms with Crippen LogP contribution >= 0.6 is 0 Å². The molecular formula is C21H31F3N4O. The highest BCUT2D eigenvalue weighted by Gasteiger charge is 2.32. The Kier molecular flexibility index (Phi) is 7.40. The first-order chi connectivity index (χ1) is 13.9. The first-order valence-electron chi connectivity index (χ1n) is 10.4. The Morgan fingerprint density at radius 1 is 1.28 bits per heavy atom. The molecule has 0 radical (unpaired) electrons. The number of hydrogen-bond acceptors (Lipinski definition) is 3. The minimum Gasteiger partial charge on any atom is -0.370 e. The van der Waals surface area contributed by atoms with Crippen molar-refractivity contribution in [1.29, 1.82) is 0 Å². The largest absolute Gasteiger partial charge is 0.416 e. The zero-order valence-corrected chi connectivity index (χ0v) is 17.2. The summed E-state index contributed by atoms with van der Waals surface area (Å²) in [5, 5.41) is 3.34. The predicted molar refractivity (Wildman–Crippen MR) is 108 cm³/mol. The molecular weight excluding hydrogens is 381 g/mol. The van der Waals surface area contributed by atoms with E-state index in [2.05, 4.69) is 22.2 Å². The molecule has 2 aliphatic heterocycles. The molecule has 2 saturated heterocycles. The van der Waals surface area contributed by atoms with Gasteiger partial charge in [-0.2, -0.15) is 13.2 Å². The van der Waals surface area contributed by atoms with Crippen LogP contribution in [0, 0.1) is 5.92 Å². The molecule has 2 fully saturated rings. The molecule has 29 heavy (non-hydrogen) atoms. The average Bonchev–Trinajstić information content (AvgIpc) is 2.71. The van der Waals surface area contributed by atoms with E-state index in [0.717, 1.165) is 38.2 Å². The van der Waals surface area contributed by atoms with Crippen molar-refractivity contribution >= 4 is 5.96 Å². The quantitative estimate of drug-likeness (QED) is 0.608. The third kappa shape index (κ3) is 6.09. The van der Waals surface area contributed by atoms with Gasteiger partial charge in [-0.15, -0.1) is 0 Å². The van der Waals surface area contributed by atoms with Crippen LogP contribution in [-0.2, 0) is 10.9 Å². The molecule has 2 unspecified atom stereocenters. The van der Waals surface area contributed by atoms with Gasteiger partial charge in [0.1, 0.15) is 6.10 Å². The van der Waals surface area contributed by atoms with Crippen molar-refractivity contribution in [2.75, 3.05) is 52.9 Å². The molecule has 0 bridgehead atoms. The van der Waals surface area contributed by atoms with Crippen molar-refractivity contribution in [3.8, 4) is 0 Å². The van der Waals surface area contributed by atoms with Crippen LogP contribution in [0.1, 0.15) is 37.0 Å². The number of rotatable bonds is 4. The Bertz CT molecular complexity index is 695. The van der Waals surface area contributed by atoms with E-state index >= 15 is 0 Å². The van der Waals surface area contributed by atoms with Gasteiger partial charge in [0.15, 0.2) is 5.96 Å². The summed E-state index contributed by atoms with van der Waals surface area (Å²) in [4.78, 5) is 9.29. The molecule has 8 heteroatoms. The molecule has 2 heterocycles. The van der Waals surface area contributed by atoms with Gasteiger partial charge in [0.2, 0.25) is 0 Å². The highest BCUT2D eigenvalue weighted by atomic mass is 19.4. The lowest BCUT2D eigenvalue weighted by atomic mass is 9.99. The third-order valence-corrected chi connectivity index (χ3v) is 5.51. The minimum atomic E-state index is -4.35. The minimum absolute atomic E-state index is 0.407. The van der Waals surface area contributed by atoms with Crippen LogP contribution in [0.5, 0.6) is 0 Å². The first-order valence-corrected chi connectivity index (χ1v) is 10.4. The molecule has 3 rings (SSSR count). The number of piperidine rings is 1. The average molecular weight is 413 g/mol. The molecule has 162 valence electrons. The highest BCUT2D eigenvalue weighted by molar-refractivity contribution is 5.80. The van der Waals surface area contributed by atoms with Crippen molar-refractivity contribution in [2.45, 2.75) is 32.0 Å². The van der Waals surface area contributed by atoms with Crippen molar-refractivity contribution < 1.29 is 17.9 Å². The van der Waals surface area contributed by atoms with Gasteiger partial charge in [-0.05, 0) is 57.0 Å². The summed E-state index contributed by atoms with van der Waals surface area (Å²) in [7, 11) is 2.14. The van der Waals surface area contributed by atoms with Gasteiger partial charge < -0.3 is 19.9 Å². The van der Waals surface area contributed by atoms with E-state index in [0.29, 0.717) is 31.2 Å². The lowest BCUT2D eigenvalue weighted by Crippen LogP contribution is -2.48. The summed E-state index contributed by atoms with van der Waals surface area (Å²) in [5.41, 5.74) is -0.0907. The first kappa shape index (κ1) is 21.9. The third-order valence-electron chi connectivity index (χ3n) is 5.51. The number of morpholine rings is 1. The molecule has 0 aliphatic carbocycles. The number of aliphatic imine (C=N–C) groups is 1. The van der Waals surface area contributed by atoms with E-state index in [9.17, 15) is 13.2 Å². The molecule has 0 amide bonds. The van der Waals surface area contributed by atoms with E-state index < -0.39 is 17.8 Å². The second-order valence-corrected chi connectivity index (χ2v) is 7.89. The zero-order valence-electron chi connectivity index (χ0n) is 17.2. The van der Waals surface area contributed by atoms with Crippen LogP contribution in [0.25, 0.3) is 0 Å². The van der Waals surface area contributed by atoms with E-state index in [1.807, 2.05) is 6.92 Å². The van der Waals surface area contributed by atoms with Crippen molar-refractivity contribution in [3.05, 3.63) is 35.4 Å². The summed E-state index contributed by atoms with van der Waals surface area (Å²) in [5.74, 6) is 1.36. The monoisotopic (exact) mass is 412 g/mol. The van der Waals surface area contributed by atoms with Crippen molar-refractivity contribution in [3.63, 3.8) is 0 Å². The van der Waals surface area contributed by atoms with Crippen LogP contribution < -0.4 is 5.32 Å². The Morgan fingerprint density at radius 3 is 2.83 bits per heavy atom. The van der Waals surface area contributed by atoms with E-state index in [1.54, 1.807) is 6.07 Å². The van der Waals surface area contributed by atoms with Gasteiger partial charge in [-0.1, -0.05) is 12.1 Å². The fourth-order valence-electron chi connectivity index (χ4n) is 4.02. The second kappa shape index (κ2) is 9.80. The van der Waals surface area contributed by atoms with Crippen molar-refractivity contribution in [1.82, 2.24) is 15.1 Å². The SMILES string of the molecule is CCNC(=NCC1CCCN(C)C1)N1CCOC(c2cccc(C(F)(F)F)c2)C1. The number of hydrogen-bond donors (Lipinski definition) is 1. The van der Waals surface area contributed by atoms with Crippen LogP contribution in [0.4, 0.5) is 13.2 Å². The smallest absolute Gasteiger partial charge is 0.370 e. The second-order valence-electron chi connectivity index (χ2n) is 7.89. The van der Waals surface area contributed by atoms with Crippen molar-refractivity contribution in [2.24, 2.45) is 10.9 Å². The Labute approximate surface area is 170 Å². The van der Waals surface area contributed by atoms with Crippen LogP contribution in [0.15, 0.2) is 29.3 Å². The fraction of sp³-hybridized carbons (Fsp3) is 0.667. The van der Waals surface area contributed by atoms with Gasteiger partial charge in [0.05, 0.1) is 18.7 Å². The molecule has 1 aromatic carbocycles. The van der Waals surface area contributed by atoms with Gasteiger partial charge in [-0.25, -0.2) is 0 Å². The Balaban J connectivity index is 1.69. The van der Waals surface area contributed by atoms with E-state index in [1.165, 1.54) is 25.0 Å². The number of halogens is 3. The summed E-state index contributed by atoms with van der Waals surface area (Å²) in [6, 6.07) is 5.43.